The summed E-state index contributed by atoms with van der Waals surface area (Å²) in [4.78, 5) is 0. The van der Waals surface area contributed by atoms with Crippen molar-refractivity contribution in [3.63, 3.8) is 0 Å². The zero-order valence-electron chi connectivity index (χ0n) is 10.2. The Balaban J connectivity index is 2.04. The van der Waals surface area contributed by atoms with Gasteiger partial charge in [-0.2, -0.15) is 0 Å². The van der Waals surface area contributed by atoms with Crippen molar-refractivity contribution in [1.82, 2.24) is 0 Å². The predicted octanol–water partition coefficient (Wildman–Crippen LogP) is 3.46. The monoisotopic (exact) mass is 227 g/mol. The molecule has 0 aromatic heterocycles. The molecular weight excluding hydrogens is 210 g/mol. The Kier molecular flexibility index (Phi) is 3.33. The molecule has 0 amide bonds. The zero-order valence-corrected chi connectivity index (χ0v) is 10.2. The Morgan fingerprint density at radius 1 is 0.941 bits per heavy atom. The molecule has 2 rings (SSSR count). The van der Waals surface area contributed by atoms with Crippen LogP contribution in [0.15, 0.2) is 42.5 Å². The summed E-state index contributed by atoms with van der Waals surface area (Å²) in [6, 6.07) is 14.1. The van der Waals surface area contributed by atoms with Crippen molar-refractivity contribution in [3.05, 3.63) is 59.2 Å². The molecular formula is C15H17NO. The summed E-state index contributed by atoms with van der Waals surface area (Å²) in [6.07, 6.45) is 0. The van der Waals surface area contributed by atoms with Crippen LogP contribution in [0.25, 0.3) is 0 Å². The number of nitrogens with two attached hydrogens (primary N) is 1. The second-order valence-corrected chi connectivity index (χ2v) is 4.32. The fourth-order valence-corrected chi connectivity index (χ4v) is 1.64. The van der Waals surface area contributed by atoms with Crippen LogP contribution in [0.2, 0.25) is 0 Å². The largest absolute Gasteiger partial charge is 0.487 e. The van der Waals surface area contributed by atoms with Crippen molar-refractivity contribution in [2.45, 2.75) is 20.5 Å². The van der Waals surface area contributed by atoms with Gasteiger partial charge in [0.2, 0.25) is 0 Å². The van der Waals surface area contributed by atoms with Crippen LogP contribution in [0, 0.1) is 13.8 Å². The molecule has 0 saturated heterocycles. The van der Waals surface area contributed by atoms with Crippen molar-refractivity contribution in [1.29, 1.82) is 0 Å². The van der Waals surface area contributed by atoms with Gasteiger partial charge >= 0.3 is 0 Å². The molecule has 0 fully saturated rings. The minimum absolute atomic E-state index is 0.549. The van der Waals surface area contributed by atoms with Crippen molar-refractivity contribution < 1.29 is 4.74 Å². The average Bonchev–Trinajstić information content (AvgIpc) is 2.30. The van der Waals surface area contributed by atoms with Crippen molar-refractivity contribution >= 4 is 5.69 Å². The Labute approximate surface area is 102 Å². The number of anilines is 1. The van der Waals surface area contributed by atoms with E-state index in [4.69, 9.17) is 10.5 Å². The molecule has 2 nitrogen and oxygen atoms in total. The van der Waals surface area contributed by atoms with Gasteiger partial charge in [0.15, 0.2) is 0 Å². The Morgan fingerprint density at radius 2 is 1.59 bits per heavy atom. The highest BCUT2D eigenvalue weighted by molar-refractivity contribution is 5.54. The van der Waals surface area contributed by atoms with E-state index in [1.165, 1.54) is 5.56 Å². The molecule has 2 N–H and O–H groups in total. The smallest absolute Gasteiger partial charge is 0.142 e. The van der Waals surface area contributed by atoms with Crippen LogP contribution in [0.5, 0.6) is 5.75 Å². The molecule has 17 heavy (non-hydrogen) atoms. The molecule has 0 spiro atoms. The summed E-state index contributed by atoms with van der Waals surface area (Å²) in [6.45, 7) is 4.64. The normalized spacial score (nSPS) is 10.2. The first-order chi connectivity index (χ1) is 8.15. The predicted molar refractivity (Wildman–Crippen MR) is 71.1 cm³/mol. The lowest BCUT2D eigenvalue weighted by Gasteiger charge is -2.09. The highest BCUT2D eigenvalue weighted by atomic mass is 16.5. The van der Waals surface area contributed by atoms with E-state index in [1.54, 1.807) is 0 Å². The van der Waals surface area contributed by atoms with Gasteiger partial charge in [-0.25, -0.2) is 0 Å². The van der Waals surface area contributed by atoms with Gasteiger partial charge in [0.1, 0.15) is 12.4 Å². The lowest BCUT2D eigenvalue weighted by atomic mass is 10.2. The Bertz CT molecular complexity index is 503. The van der Waals surface area contributed by atoms with E-state index in [0.29, 0.717) is 12.3 Å². The minimum atomic E-state index is 0.549. The molecule has 0 radical (unpaired) electrons. The van der Waals surface area contributed by atoms with Gasteiger partial charge in [-0.1, -0.05) is 35.9 Å². The van der Waals surface area contributed by atoms with E-state index < -0.39 is 0 Å². The second kappa shape index (κ2) is 4.91. The van der Waals surface area contributed by atoms with Crippen molar-refractivity contribution in [2.75, 3.05) is 5.73 Å². The maximum atomic E-state index is 5.88. The maximum absolute atomic E-state index is 5.88. The van der Waals surface area contributed by atoms with Gasteiger partial charge in [0, 0.05) is 0 Å². The molecule has 0 bridgehead atoms. The van der Waals surface area contributed by atoms with Crippen LogP contribution < -0.4 is 10.5 Å². The third kappa shape index (κ3) is 3.00. The number of hydrogen-bond donors (Lipinski definition) is 1. The molecule has 88 valence electrons. The molecule has 0 saturated carbocycles. The first kappa shape index (κ1) is 11.5. The second-order valence-electron chi connectivity index (χ2n) is 4.32. The number of aryl methyl sites for hydroxylation is 2. The molecule has 0 unspecified atom stereocenters. The molecule has 2 aromatic carbocycles. The SMILES string of the molecule is Cc1ccc(COc2ccc(C)cc2N)cc1. The third-order valence-corrected chi connectivity index (χ3v) is 2.68. The number of nitrogen functional groups attached to an aromatic ring is 1. The fourth-order valence-electron chi connectivity index (χ4n) is 1.64. The van der Waals surface area contributed by atoms with Gasteiger partial charge < -0.3 is 10.5 Å². The van der Waals surface area contributed by atoms with Gasteiger partial charge in [0.05, 0.1) is 5.69 Å². The Hall–Kier alpha value is -1.96. The molecule has 0 heterocycles. The van der Waals surface area contributed by atoms with E-state index in [-0.39, 0.29) is 0 Å². The van der Waals surface area contributed by atoms with Crippen molar-refractivity contribution in [2.24, 2.45) is 0 Å². The summed E-state index contributed by atoms with van der Waals surface area (Å²) in [5, 5.41) is 0. The van der Waals surface area contributed by atoms with Crippen LogP contribution >= 0.6 is 0 Å². The Morgan fingerprint density at radius 3 is 2.24 bits per heavy atom. The summed E-state index contributed by atoms with van der Waals surface area (Å²) in [7, 11) is 0. The van der Waals surface area contributed by atoms with Crippen molar-refractivity contribution in [3.8, 4) is 5.75 Å². The standard InChI is InChI=1S/C15H17NO/c1-11-3-6-13(7-4-11)10-17-15-8-5-12(2)9-14(15)16/h3-9H,10,16H2,1-2H3. The molecule has 2 heteroatoms. The summed E-state index contributed by atoms with van der Waals surface area (Å²) in [5.41, 5.74) is 10.1. The van der Waals surface area contributed by atoms with E-state index in [2.05, 4.69) is 31.2 Å². The first-order valence-electron chi connectivity index (χ1n) is 5.69. The topological polar surface area (TPSA) is 35.2 Å². The molecule has 2 aromatic rings. The fraction of sp³-hybridized carbons (Fsp3) is 0.200. The number of ether oxygens (including phenoxy) is 1. The van der Waals surface area contributed by atoms with Crippen LogP contribution in [-0.4, -0.2) is 0 Å². The summed E-state index contributed by atoms with van der Waals surface area (Å²) in [5.74, 6) is 0.746. The first-order valence-corrected chi connectivity index (χ1v) is 5.69. The van der Waals surface area contributed by atoms with E-state index >= 15 is 0 Å². The number of hydrogen-bond acceptors (Lipinski definition) is 2. The van der Waals surface area contributed by atoms with Gasteiger partial charge in [-0.05, 0) is 37.1 Å². The molecule has 0 aliphatic carbocycles. The van der Waals surface area contributed by atoms with E-state index in [9.17, 15) is 0 Å². The van der Waals surface area contributed by atoms with Gasteiger partial charge in [-0.15, -0.1) is 0 Å². The average molecular weight is 227 g/mol. The van der Waals surface area contributed by atoms with E-state index in [1.807, 2.05) is 25.1 Å². The van der Waals surface area contributed by atoms with Gasteiger partial charge in [0.25, 0.3) is 0 Å². The third-order valence-electron chi connectivity index (χ3n) is 2.68. The zero-order chi connectivity index (χ0) is 12.3. The highest BCUT2D eigenvalue weighted by Crippen LogP contribution is 2.23. The number of rotatable bonds is 3. The summed E-state index contributed by atoms with van der Waals surface area (Å²) >= 11 is 0. The van der Waals surface area contributed by atoms with Crippen LogP contribution in [0.4, 0.5) is 5.69 Å². The van der Waals surface area contributed by atoms with Crippen LogP contribution in [-0.2, 0) is 6.61 Å². The van der Waals surface area contributed by atoms with E-state index in [0.717, 1.165) is 16.9 Å². The van der Waals surface area contributed by atoms with Crippen LogP contribution in [0.1, 0.15) is 16.7 Å². The van der Waals surface area contributed by atoms with Crippen LogP contribution in [0.3, 0.4) is 0 Å². The number of benzene rings is 2. The molecule has 0 aliphatic rings. The highest BCUT2D eigenvalue weighted by Gasteiger charge is 2.00. The quantitative estimate of drug-likeness (QED) is 0.815. The minimum Gasteiger partial charge on any atom is -0.487 e. The summed E-state index contributed by atoms with van der Waals surface area (Å²) < 4.78 is 5.69. The lowest BCUT2D eigenvalue weighted by molar-refractivity contribution is 0.308. The lowest BCUT2D eigenvalue weighted by Crippen LogP contribution is -1.99. The molecule has 0 aliphatic heterocycles. The maximum Gasteiger partial charge on any atom is 0.142 e. The molecule has 0 atom stereocenters. The van der Waals surface area contributed by atoms with Gasteiger partial charge in [-0.3, -0.25) is 0 Å².